The number of aromatic nitrogens is 5. The van der Waals surface area contributed by atoms with Crippen LogP contribution >= 0.6 is 22.9 Å². The van der Waals surface area contributed by atoms with Gasteiger partial charge in [-0.1, -0.05) is 35.1 Å². The molecule has 0 fully saturated rings. The summed E-state index contributed by atoms with van der Waals surface area (Å²) in [6, 6.07) is 12.7. The third-order valence-electron chi connectivity index (χ3n) is 3.32. The fourth-order valence-corrected chi connectivity index (χ4v) is 3.26. The van der Waals surface area contributed by atoms with Crippen molar-refractivity contribution in [1.82, 2.24) is 25.2 Å². The van der Waals surface area contributed by atoms with E-state index in [1.54, 1.807) is 18.2 Å². The van der Waals surface area contributed by atoms with Crippen LogP contribution in [0.5, 0.6) is 0 Å². The van der Waals surface area contributed by atoms with Crippen molar-refractivity contribution in [3.05, 3.63) is 59.4 Å². The van der Waals surface area contributed by atoms with E-state index in [0.717, 1.165) is 10.2 Å². The normalized spacial score (nSPS) is 10.9. The highest BCUT2D eigenvalue weighted by Gasteiger charge is 2.14. The van der Waals surface area contributed by atoms with E-state index >= 15 is 0 Å². The first-order valence-corrected chi connectivity index (χ1v) is 8.10. The number of tetrazole rings is 1. The summed E-state index contributed by atoms with van der Waals surface area (Å²) in [5, 5.41) is 14.6. The minimum atomic E-state index is -0.339. The average Bonchev–Trinajstić information content (AvgIpc) is 3.24. The van der Waals surface area contributed by atoms with Crippen molar-refractivity contribution in [2.45, 2.75) is 0 Å². The molecular weight excluding hydrogens is 348 g/mol. The number of nitrogens with zero attached hydrogens (tertiary/aromatic N) is 5. The topological polar surface area (TPSA) is 85.6 Å². The minimum absolute atomic E-state index is 0.323. The van der Waals surface area contributed by atoms with E-state index < -0.39 is 0 Å². The Balaban J connectivity index is 1.65. The summed E-state index contributed by atoms with van der Waals surface area (Å²) < 4.78 is 2.45. The summed E-state index contributed by atoms with van der Waals surface area (Å²) in [4.78, 5) is 16.9. The first kappa shape index (κ1) is 14.7. The lowest BCUT2D eigenvalue weighted by atomic mass is 10.2. The number of thiazole rings is 1. The van der Waals surface area contributed by atoms with E-state index in [4.69, 9.17) is 11.6 Å². The first-order chi connectivity index (χ1) is 11.7. The van der Waals surface area contributed by atoms with Crippen LogP contribution in [0.2, 0.25) is 5.02 Å². The summed E-state index contributed by atoms with van der Waals surface area (Å²) in [5.74, 6) is -0.339. The van der Waals surface area contributed by atoms with Crippen LogP contribution in [0.3, 0.4) is 0 Å². The quantitative estimate of drug-likeness (QED) is 0.609. The maximum absolute atomic E-state index is 12.5. The van der Waals surface area contributed by atoms with Crippen molar-refractivity contribution in [2.75, 3.05) is 5.32 Å². The highest BCUT2D eigenvalue weighted by Crippen LogP contribution is 2.27. The summed E-state index contributed by atoms with van der Waals surface area (Å²) in [6.07, 6.45) is 1.44. The lowest BCUT2D eigenvalue weighted by Gasteiger charge is -2.06. The first-order valence-electron chi connectivity index (χ1n) is 6.90. The van der Waals surface area contributed by atoms with Gasteiger partial charge in [0.2, 0.25) is 0 Å². The largest absolute Gasteiger partial charge is 0.298 e. The maximum atomic E-state index is 12.5. The van der Waals surface area contributed by atoms with Gasteiger partial charge in [0.15, 0.2) is 5.13 Å². The predicted octanol–water partition coefficient (Wildman–Crippen LogP) is 3.18. The van der Waals surface area contributed by atoms with Gasteiger partial charge >= 0.3 is 0 Å². The molecule has 118 valence electrons. The van der Waals surface area contributed by atoms with E-state index in [2.05, 4.69) is 25.8 Å². The third kappa shape index (κ3) is 2.72. The number of para-hydroxylation sites is 1. The standard InChI is InChI=1S/C15H9ClN6OS/c16-11-6-5-9(22-8-17-20-21-22)7-10(11)14(23)19-15-18-12-3-1-2-4-13(12)24-15/h1-8H,(H,18,19,23). The van der Waals surface area contributed by atoms with Gasteiger partial charge in [-0.2, -0.15) is 0 Å². The van der Waals surface area contributed by atoms with Crippen molar-refractivity contribution in [3.8, 4) is 5.69 Å². The van der Waals surface area contributed by atoms with Crippen LogP contribution in [0.25, 0.3) is 15.9 Å². The molecule has 0 spiro atoms. The molecule has 0 aliphatic carbocycles. The van der Waals surface area contributed by atoms with Gasteiger partial charge < -0.3 is 0 Å². The molecule has 2 aromatic heterocycles. The van der Waals surface area contributed by atoms with E-state index in [9.17, 15) is 4.79 Å². The summed E-state index contributed by atoms with van der Waals surface area (Å²) >= 11 is 7.56. The predicted molar refractivity (Wildman–Crippen MR) is 91.7 cm³/mol. The van der Waals surface area contributed by atoms with E-state index in [1.165, 1.54) is 22.3 Å². The fourth-order valence-electron chi connectivity index (χ4n) is 2.20. The number of benzene rings is 2. The van der Waals surface area contributed by atoms with Gasteiger partial charge in [-0.3, -0.25) is 10.1 Å². The van der Waals surface area contributed by atoms with Crippen LogP contribution < -0.4 is 5.32 Å². The Morgan fingerprint density at radius 3 is 2.88 bits per heavy atom. The molecule has 4 aromatic rings. The number of fused-ring (bicyclic) bond motifs is 1. The van der Waals surface area contributed by atoms with Crippen molar-refractivity contribution < 1.29 is 4.79 Å². The molecule has 0 saturated heterocycles. The zero-order valence-electron chi connectivity index (χ0n) is 12.0. The number of carbonyl (C=O) groups excluding carboxylic acids is 1. The molecule has 4 rings (SSSR count). The van der Waals surface area contributed by atoms with Crippen LogP contribution in [0.15, 0.2) is 48.8 Å². The molecule has 9 heteroatoms. The zero-order valence-corrected chi connectivity index (χ0v) is 13.6. The monoisotopic (exact) mass is 356 g/mol. The minimum Gasteiger partial charge on any atom is -0.298 e. The highest BCUT2D eigenvalue weighted by molar-refractivity contribution is 7.22. The molecule has 0 atom stereocenters. The van der Waals surface area contributed by atoms with Gasteiger partial charge in [0, 0.05) is 0 Å². The number of amides is 1. The van der Waals surface area contributed by atoms with Crippen LogP contribution in [-0.2, 0) is 0 Å². The second-order valence-corrected chi connectivity index (χ2v) is 6.30. The Morgan fingerprint density at radius 1 is 1.21 bits per heavy atom. The molecule has 0 bridgehead atoms. The average molecular weight is 357 g/mol. The summed E-state index contributed by atoms with van der Waals surface area (Å²) in [7, 11) is 0. The van der Waals surface area contributed by atoms with Crippen LogP contribution in [0, 0.1) is 0 Å². The second-order valence-electron chi connectivity index (χ2n) is 4.86. The lowest BCUT2D eigenvalue weighted by Crippen LogP contribution is -2.13. The van der Waals surface area contributed by atoms with Crippen molar-refractivity contribution in [1.29, 1.82) is 0 Å². The Morgan fingerprint density at radius 2 is 2.08 bits per heavy atom. The van der Waals surface area contributed by atoms with Crippen molar-refractivity contribution in [3.63, 3.8) is 0 Å². The Bertz CT molecular complexity index is 997. The molecular formula is C15H9ClN6OS. The van der Waals surface area contributed by atoms with Gasteiger partial charge in [0.1, 0.15) is 6.33 Å². The third-order valence-corrected chi connectivity index (χ3v) is 4.60. The van der Waals surface area contributed by atoms with Gasteiger partial charge in [-0.25, -0.2) is 9.67 Å². The number of halogens is 1. The van der Waals surface area contributed by atoms with Crippen molar-refractivity contribution >= 4 is 44.2 Å². The highest BCUT2D eigenvalue weighted by atomic mass is 35.5. The zero-order chi connectivity index (χ0) is 16.5. The van der Waals surface area contributed by atoms with Gasteiger partial charge in [0.25, 0.3) is 5.91 Å². The number of carbonyl (C=O) groups is 1. The molecule has 0 aliphatic heterocycles. The maximum Gasteiger partial charge on any atom is 0.259 e. The number of anilines is 1. The number of hydrogen-bond donors (Lipinski definition) is 1. The molecule has 0 aliphatic rings. The van der Waals surface area contributed by atoms with Gasteiger partial charge in [-0.15, -0.1) is 5.10 Å². The molecule has 1 amide bonds. The molecule has 2 heterocycles. The van der Waals surface area contributed by atoms with Crippen LogP contribution in [0.1, 0.15) is 10.4 Å². The smallest absolute Gasteiger partial charge is 0.259 e. The number of nitrogens with one attached hydrogen (secondary N) is 1. The molecule has 0 saturated carbocycles. The summed E-state index contributed by atoms with van der Waals surface area (Å²) in [5.41, 5.74) is 1.80. The van der Waals surface area contributed by atoms with Crippen LogP contribution in [0.4, 0.5) is 5.13 Å². The molecule has 7 nitrogen and oxygen atoms in total. The SMILES string of the molecule is O=C(Nc1nc2ccccc2s1)c1cc(-n2cnnn2)ccc1Cl. The summed E-state index contributed by atoms with van der Waals surface area (Å²) in [6.45, 7) is 0. The van der Waals surface area contributed by atoms with E-state index in [0.29, 0.717) is 21.4 Å². The fraction of sp³-hybridized carbons (Fsp3) is 0. The number of hydrogen-bond acceptors (Lipinski definition) is 6. The van der Waals surface area contributed by atoms with Crippen LogP contribution in [-0.4, -0.2) is 31.1 Å². The molecule has 0 radical (unpaired) electrons. The number of rotatable bonds is 3. The van der Waals surface area contributed by atoms with Crippen molar-refractivity contribution in [2.24, 2.45) is 0 Å². The molecule has 24 heavy (non-hydrogen) atoms. The Hall–Kier alpha value is -2.84. The van der Waals surface area contributed by atoms with E-state index in [-0.39, 0.29) is 5.91 Å². The Labute approximate surface area is 144 Å². The molecule has 1 N–H and O–H groups in total. The Kier molecular flexibility index (Phi) is 3.68. The van der Waals surface area contributed by atoms with E-state index in [1.807, 2.05) is 24.3 Å². The molecule has 0 unspecified atom stereocenters. The lowest BCUT2D eigenvalue weighted by molar-refractivity contribution is 0.102. The second kappa shape index (κ2) is 5.99. The molecule has 2 aromatic carbocycles. The van der Waals surface area contributed by atoms with Gasteiger partial charge in [-0.05, 0) is 40.8 Å². The van der Waals surface area contributed by atoms with Gasteiger partial charge in [0.05, 0.1) is 26.5 Å².